The van der Waals surface area contributed by atoms with Crippen molar-refractivity contribution in [3.05, 3.63) is 28.8 Å². The molecule has 104 valence electrons. The van der Waals surface area contributed by atoms with Crippen LogP contribution in [0.15, 0.2) is 18.2 Å². The summed E-state index contributed by atoms with van der Waals surface area (Å²) in [5.74, 6) is -0.412. The molecular formula is C13H18ClN3O2. The Bertz CT molecular complexity index is 463. The van der Waals surface area contributed by atoms with Crippen molar-refractivity contribution in [2.45, 2.75) is 19.8 Å². The molecule has 0 aliphatic rings. The molecule has 0 unspecified atom stereocenters. The van der Waals surface area contributed by atoms with Gasteiger partial charge in [-0.3, -0.25) is 9.59 Å². The van der Waals surface area contributed by atoms with E-state index in [9.17, 15) is 9.59 Å². The summed E-state index contributed by atoms with van der Waals surface area (Å²) in [5, 5.41) is 5.81. The molecule has 1 aromatic carbocycles. The molecule has 4 N–H and O–H groups in total. The Balaban J connectivity index is 2.43. The van der Waals surface area contributed by atoms with Crippen LogP contribution in [0.2, 0.25) is 5.02 Å². The summed E-state index contributed by atoms with van der Waals surface area (Å²) in [4.78, 5) is 23.2. The lowest BCUT2D eigenvalue weighted by Gasteiger charge is -2.08. The molecule has 0 bridgehead atoms. The van der Waals surface area contributed by atoms with Crippen LogP contribution in [0.5, 0.6) is 0 Å². The van der Waals surface area contributed by atoms with Crippen molar-refractivity contribution < 1.29 is 9.59 Å². The summed E-state index contributed by atoms with van der Waals surface area (Å²) in [6.07, 6.45) is 1.13. The molecule has 0 saturated carbocycles. The molecule has 19 heavy (non-hydrogen) atoms. The van der Waals surface area contributed by atoms with E-state index in [1.165, 1.54) is 6.07 Å². The number of rotatable bonds is 6. The zero-order valence-corrected chi connectivity index (χ0v) is 11.6. The number of anilines is 1. The van der Waals surface area contributed by atoms with Crippen molar-refractivity contribution in [3.63, 3.8) is 0 Å². The van der Waals surface area contributed by atoms with Crippen molar-refractivity contribution in [2.75, 3.05) is 18.8 Å². The second-order valence-corrected chi connectivity index (χ2v) is 4.52. The van der Waals surface area contributed by atoms with Crippen LogP contribution in [0.25, 0.3) is 0 Å². The van der Waals surface area contributed by atoms with Crippen LogP contribution in [-0.2, 0) is 4.79 Å². The fraction of sp³-hybridized carbons (Fsp3) is 0.385. The second-order valence-electron chi connectivity index (χ2n) is 4.09. The van der Waals surface area contributed by atoms with Gasteiger partial charge in [-0.2, -0.15) is 0 Å². The maximum Gasteiger partial charge on any atom is 0.253 e. The number of amides is 2. The lowest BCUT2D eigenvalue weighted by molar-refractivity contribution is -0.120. The summed E-state index contributed by atoms with van der Waals surface area (Å²) in [6, 6.07) is 4.69. The number of benzene rings is 1. The molecule has 5 nitrogen and oxygen atoms in total. The molecule has 0 fully saturated rings. The number of hydrogen-bond donors (Lipinski definition) is 3. The van der Waals surface area contributed by atoms with Crippen LogP contribution in [0.3, 0.4) is 0 Å². The van der Waals surface area contributed by atoms with Gasteiger partial charge in [0.05, 0.1) is 5.56 Å². The molecule has 0 aromatic heterocycles. The SMILES string of the molecule is CCCNC(=O)CCNC(=O)c1cc(Cl)ccc1N. The van der Waals surface area contributed by atoms with Crippen LogP contribution in [0.1, 0.15) is 30.1 Å². The van der Waals surface area contributed by atoms with Crippen LogP contribution in [0, 0.1) is 0 Å². The van der Waals surface area contributed by atoms with Crippen molar-refractivity contribution in [1.29, 1.82) is 0 Å². The predicted molar refractivity (Wildman–Crippen MR) is 76.1 cm³/mol. The van der Waals surface area contributed by atoms with Crippen LogP contribution in [-0.4, -0.2) is 24.9 Å². The van der Waals surface area contributed by atoms with Gasteiger partial charge in [0.1, 0.15) is 0 Å². The third kappa shape index (κ3) is 5.18. The zero-order chi connectivity index (χ0) is 14.3. The third-order valence-corrected chi connectivity index (χ3v) is 2.70. The number of carbonyl (C=O) groups is 2. The second kappa shape index (κ2) is 7.63. The highest BCUT2D eigenvalue weighted by molar-refractivity contribution is 6.31. The number of halogens is 1. The topological polar surface area (TPSA) is 84.2 Å². The number of carbonyl (C=O) groups excluding carboxylic acids is 2. The molecular weight excluding hydrogens is 266 g/mol. The predicted octanol–water partition coefficient (Wildman–Crippen LogP) is 1.57. The van der Waals surface area contributed by atoms with Gasteiger partial charge in [-0.25, -0.2) is 0 Å². The number of nitrogen functional groups attached to an aromatic ring is 1. The maximum absolute atomic E-state index is 11.8. The third-order valence-electron chi connectivity index (χ3n) is 2.47. The maximum atomic E-state index is 11.8. The highest BCUT2D eigenvalue weighted by atomic mass is 35.5. The number of hydrogen-bond acceptors (Lipinski definition) is 3. The summed E-state index contributed by atoms with van der Waals surface area (Å²) in [6.45, 7) is 2.89. The molecule has 0 atom stereocenters. The van der Waals surface area contributed by atoms with Crippen LogP contribution in [0.4, 0.5) is 5.69 Å². The number of nitrogens with one attached hydrogen (secondary N) is 2. The Morgan fingerprint density at radius 3 is 2.68 bits per heavy atom. The van der Waals surface area contributed by atoms with E-state index >= 15 is 0 Å². The Labute approximate surface area is 117 Å². The van der Waals surface area contributed by atoms with Gasteiger partial charge in [0, 0.05) is 30.2 Å². The Morgan fingerprint density at radius 2 is 2.00 bits per heavy atom. The normalized spacial score (nSPS) is 10.0. The summed E-state index contributed by atoms with van der Waals surface area (Å²) in [5.41, 5.74) is 6.37. The van der Waals surface area contributed by atoms with Crippen molar-refractivity contribution in [1.82, 2.24) is 10.6 Å². The quantitative estimate of drug-likeness (QED) is 0.693. The van der Waals surface area contributed by atoms with Gasteiger partial charge < -0.3 is 16.4 Å². The number of nitrogens with two attached hydrogens (primary N) is 1. The van der Waals surface area contributed by atoms with E-state index in [0.717, 1.165) is 6.42 Å². The van der Waals surface area contributed by atoms with E-state index in [2.05, 4.69) is 10.6 Å². The first-order chi connectivity index (χ1) is 9.04. The van der Waals surface area contributed by atoms with Crippen molar-refractivity contribution in [3.8, 4) is 0 Å². The molecule has 0 aliphatic carbocycles. The standard InChI is InChI=1S/C13H18ClN3O2/c1-2-6-16-12(18)5-7-17-13(19)10-8-9(14)3-4-11(10)15/h3-4,8H,2,5-7,15H2,1H3,(H,16,18)(H,17,19). The van der Waals surface area contributed by atoms with Gasteiger partial charge in [-0.1, -0.05) is 18.5 Å². The minimum absolute atomic E-state index is 0.0822. The van der Waals surface area contributed by atoms with Crippen molar-refractivity contribution in [2.24, 2.45) is 0 Å². The molecule has 0 saturated heterocycles. The molecule has 2 amide bonds. The van der Waals surface area contributed by atoms with Gasteiger partial charge in [-0.05, 0) is 24.6 Å². The van der Waals surface area contributed by atoms with Crippen molar-refractivity contribution >= 4 is 29.1 Å². The monoisotopic (exact) mass is 283 g/mol. The van der Waals surface area contributed by atoms with Crippen LogP contribution < -0.4 is 16.4 Å². The average molecular weight is 284 g/mol. The summed E-state index contributed by atoms with van der Waals surface area (Å²) < 4.78 is 0. The Morgan fingerprint density at radius 1 is 1.26 bits per heavy atom. The first-order valence-corrected chi connectivity index (χ1v) is 6.52. The average Bonchev–Trinajstić information content (AvgIpc) is 2.39. The molecule has 1 rings (SSSR count). The molecule has 0 spiro atoms. The first kappa shape index (κ1) is 15.3. The minimum atomic E-state index is -0.330. The minimum Gasteiger partial charge on any atom is -0.398 e. The molecule has 0 radical (unpaired) electrons. The smallest absolute Gasteiger partial charge is 0.253 e. The van der Waals surface area contributed by atoms with Gasteiger partial charge in [0.15, 0.2) is 0 Å². The Kier molecular flexibility index (Phi) is 6.15. The van der Waals surface area contributed by atoms with Gasteiger partial charge in [-0.15, -0.1) is 0 Å². The fourth-order valence-corrected chi connectivity index (χ4v) is 1.63. The molecule has 0 aliphatic heterocycles. The highest BCUT2D eigenvalue weighted by Gasteiger charge is 2.10. The Hall–Kier alpha value is -1.75. The fourth-order valence-electron chi connectivity index (χ4n) is 1.46. The van der Waals surface area contributed by atoms with E-state index in [4.69, 9.17) is 17.3 Å². The lowest BCUT2D eigenvalue weighted by atomic mass is 10.1. The van der Waals surface area contributed by atoms with Crippen LogP contribution >= 0.6 is 11.6 Å². The molecule has 0 heterocycles. The van der Waals surface area contributed by atoms with E-state index in [-0.39, 0.29) is 24.8 Å². The highest BCUT2D eigenvalue weighted by Crippen LogP contribution is 2.17. The van der Waals surface area contributed by atoms with E-state index in [1.807, 2.05) is 6.92 Å². The first-order valence-electron chi connectivity index (χ1n) is 6.14. The van der Waals surface area contributed by atoms with E-state index in [1.54, 1.807) is 12.1 Å². The van der Waals surface area contributed by atoms with Gasteiger partial charge >= 0.3 is 0 Å². The summed E-state index contributed by atoms with van der Waals surface area (Å²) >= 11 is 5.80. The molecule has 6 heteroatoms. The summed E-state index contributed by atoms with van der Waals surface area (Å²) in [7, 11) is 0. The lowest BCUT2D eigenvalue weighted by Crippen LogP contribution is -2.31. The van der Waals surface area contributed by atoms with Gasteiger partial charge in [0.2, 0.25) is 5.91 Å². The molecule has 1 aromatic rings. The van der Waals surface area contributed by atoms with E-state index < -0.39 is 0 Å². The van der Waals surface area contributed by atoms with Gasteiger partial charge in [0.25, 0.3) is 5.91 Å². The largest absolute Gasteiger partial charge is 0.398 e. The van der Waals surface area contributed by atoms with E-state index in [0.29, 0.717) is 22.8 Å². The zero-order valence-electron chi connectivity index (χ0n) is 10.8.